The maximum atomic E-state index is 11.6. The molecule has 1 aromatic heterocycles. The normalized spacial score (nSPS) is 12.4. The van der Waals surface area contributed by atoms with E-state index in [1.54, 1.807) is 0 Å². The number of nitrogens with zero attached hydrogens (tertiary/aromatic N) is 2. The molecule has 0 aliphatic carbocycles. The highest BCUT2D eigenvalue weighted by Gasteiger charge is 2.21. The zero-order valence-corrected chi connectivity index (χ0v) is 11.4. The number of sulfone groups is 1. The maximum absolute atomic E-state index is 11.6. The van der Waals surface area contributed by atoms with Gasteiger partial charge in [0.15, 0.2) is 0 Å². The second-order valence-electron chi connectivity index (χ2n) is 4.03. The van der Waals surface area contributed by atoms with Gasteiger partial charge in [-0.1, -0.05) is 0 Å². The van der Waals surface area contributed by atoms with E-state index in [1.165, 1.54) is 18.7 Å². The smallest absolute Gasteiger partial charge is 0.326 e. The van der Waals surface area contributed by atoms with Gasteiger partial charge >= 0.3 is 12.0 Å². The van der Waals surface area contributed by atoms with Crippen molar-refractivity contribution in [3.05, 3.63) is 18.7 Å². The Hall–Kier alpha value is -2.23. The number of anilines is 1. The number of hydrogen-bond donors (Lipinski definition) is 3. The fraction of sp³-hybridized carbons (Fsp3) is 0.400. The van der Waals surface area contributed by atoms with E-state index in [1.807, 2.05) is 0 Å². The van der Waals surface area contributed by atoms with Crippen molar-refractivity contribution in [1.29, 1.82) is 0 Å². The Morgan fingerprint density at radius 2 is 1.95 bits per heavy atom. The van der Waals surface area contributed by atoms with E-state index in [0.717, 1.165) is 6.26 Å². The fourth-order valence-electron chi connectivity index (χ4n) is 1.28. The Morgan fingerprint density at radius 1 is 1.35 bits per heavy atom. The standard InChI is InChI=1S/C10H14N4O5S/c1-20(18,19)3-2-8(9(15)16)14-10(17)13-7-4-11-6-12-5-7/h4-6,8H,2-3H2,1H3,(H,15,16)(H2,13,14,17). The molecule has 0 radical (unpaired) electrons. The molecule has 1 heterocycles. The molecule has 1 aromatic rings. The van der Waals surface area contributed by atoms with Crippen LogP contribution < -0.4 is 10.6 Å². The molecule has 9 nitrogen and oxygen atoms in total. The van der Waals surface area contributed by atoms with Gasteiger partial charge in [0.05, 0.1) is 23.8 Å². The number of amides is 2. The molecule has 1 atom stereocenters. The Labute approximate surface area is 115 Å². The lowest BCUT2D eigenvalue weighted by atomic mass is 10.2. The summed E-state index contributed by atoms with van der Waals surface area (Å²) in [5.41, 5.74) is 0.289. The van der Waals surface area contributed by atoms with Gasteiger partial charge in [-0.25, -0.2) is 28.0 Å². The molecule has 20 heavy (non-hydrogen) atoms. The summed E-state index contributed by atoms with van der Waals surface area (Å²) >= 11 is 0. The number of carboxylic acids is 1. The minimum atomic E-state index is -3.30. The molecule has 0 aliphatic rings. The zero-order valence-electron chi connectivity index (χ0n) is 10.6. The number of nitrogens with one attached hydrogen (secondary N) is 2. The lowest BCUT2D eigenvalue weighted by molar-refractivity contribution is -0.139. The first-order valence-corrected chi connectivity index (χ1v) is 7.57. The molecule has 0 bridgehead atoms. The molecule has 110 valence electrons. The molecule has 0 aromatic carbocycles. The van der Waals surface area contributed by atoms with Gasteiger partial charge in [-0.3, -0.25) is 0 Å². The average molecular weight is 302 g/mol. The van der Waals surface area contributed by atoms with Crippen LogP contribution in [0, 0.1) is 0 Å². The summed E-state index contributed by atoms with van der Waals surface area (Å²) in [6, 6.07) is -2.07. The molecule has 10 heteroatoms. The minimum absolute atomic E-state index is 0.215. The predicted octanol–water partition coefficient (Wildman–Crippen LogP) is -0.514. The van der Waals surface area contributed by atoms with E-state index in [-0.39, 0.29) is 17.9 Å². The Bertz CT molecular complexity index is 575. The fourth-order valence-corrected chi connectivity index (χ4v) is 1.94. The van der Waals surface area contributed by atoms with Crippen LogP contribution in [-0.2, 0) is 14.6 Å². The van der Waals surface area contributed by atoms with Crippen LogP contribution in [0.15, 0.2) is 18.7 Å². The molecule has 3 N–H and O–H groups in total. The van der Waals surface area contributed by atoms with Crippen molar-refractivity contribution in [3.8, 4) is 0 Å². The highest BCUT2D eigenvalue weighted by molar-refractivity contribution is 7.90. The van der Waals surface area contributed by atoms with Crippen molar-refractivity contribution in [2.24, 2.45) is 0 Å². The summed E-state index contributed by atoms with van der Waals surface area (Å²) in [4.78, 5) is 29.8. The third kappa shape index (κ3) is 6.09. The van der Waals surface area contributed by atoms with Crippen LogP contribution in [0.1, 0.15) is 6.42 Å². The highest BCUT2D eigenvalue weighted by Crippen LogP contribution is 2.01. The molecule has 0 saturated heterocycles. The number of urea groups is 1. The van der Waals surface area contributed by atoms with Crippen molar-refractivity contribution in [2.45, 2.75) is 12.5 Å². The van der Waals surface area contributed by atoms with Gasteiger partial charge in [-0.05, 0) is 6.42 Å². The Morgan fingerprint density at radius 3 is 2.45 bits per heavy atom. The van der Waals surface area contributed by atoms with Crippen molar-refractivity contribution in [3.63, 3.8) is 0 Å². The van der Waals surface area contributed by atoms with Crippen LogP contribution in [0.25, 0.3) is 0 Å². The highest BCUT2D eigenvalue weighted by atomic mass is 32.2. The topological polar surface area (TPSA) is 138 Å². The average Bonchev–Trinajstić information content (AvgIpc) is 2.34. The molecular formula is C10H14N4O5S. The summed E-state index contributed by atoms with van der Waals surface area (Å²) in [6.45, 7) is 0. The van der Waals surface area contributed by atoms with Crippen LogP contribution in [0.3, 0.4) is 0 Å². The summed E-state index contributed by atoms with van der Waals surface area (Å²) in [7, 11) is -3.30. The van der Waals surface area contributed by atoms with E-state index in [9.17, 15) is 18.0 Å². The minimum Gasteiger partial charge on any atom is -0.480 e. The molecular weight excluding hydrogens is 288 g/mol. The molecule has 2 amide bonds. The molecule has 0 spiro atoms. The summed E-state index contributed by atoms with van der Waals surface area (Å²) in [6.07, 6.45) is 4.72. The molecule has 0 fully saturated rings. The van der Waals surface area contributed by atoms with E-state index >= 15 is 0 Å². The molecule has 0 saturated carbocycles. The largest absolute Gasteiger partial charge is 0.480 e. The van der Waals surface area contributed by atoms with Gasteiger partial charge in [0.2, 0.25) is 0 Å². The molecule has 0 aliphatic heterocycles. The van der Waals surface area contributed by atoms with Gasteiger partial charge in [-0.15, -0.1) is 0 Å². The van der Waals surface area contributed by atoms with E-state index in [2.05, 4.69) is 20.6 Å². The van der Waals surface area contributed by atoms with Gasteiger partial charge in [-0.2, -0.15) is 0 Å². The van der Waals surface area contributed by atoms with Crippen molar-refractivity contribution in [1.82, 2.24) is 15.3 Å². The van der Waals surface area contributed by atoms with Gasteiger partial charge in [0, 0.05) is 6.26 Å². The number of hydrogen-bond acceptors (Lipinski definition) is 6. The SMILES string of the molecule is CS(=O)(=O)CCC(NC(=O)Nc1cncnc1)C(=O)O. The Balaban J connectivity index is 2.57. The number of carbonyl (C=O) groups excluding carboxylic acids is 1. The lowest BCUT2D eigenvalue weighted by Crippen LogP contribution is -2.43. The van der Waals surface area contributed by atoms with Crippen molar-refractivity contribution >= 4 is 27.5 Å². The number of carboxylic acid groups (broad SMARTS) is 1. The first-order chi connectivity index (χ1) is 9.28. The summed E-state index contributed by atoms with van der Waals surface area (Å²) in [5.74, 6) is -1.65. The second kappa shape index (κ2) is 6.80. The molecule has 1 unspecified atom stereocenters. The second-order valence-corrected chi connectivity index (χ2v) is 6.29. The maximum Gasteiger partial charge on any atom is 0.326 e. The molecule has 1 rings (SSSR count). The number of aromatic nitrogens is 2. The quantitative estimate of drug-likeness (QED) is 0.643. The van der Waals surface area contributed by atoms with Crippen molar-refractivity contribution in [2.75, 3.05) is 17.3 Å². The van der Waals surface area contributed by atoms with Crippen LogP contribution >= 0.6 is 0 Å². The van der Waals surface area contributed by atoms with Crippen LogP contribution in [0.4, 0.5) is 10.5 Å². The predicted molar refractivity (Wildman–Crippen MR) is 69.9 cm³/mol. The van der Waals surface area contributed by atoms with Crippen LogP contribution in [0.2, 0.25) is 0 Å². The first kappa shape index (κ1) is 15.8. The lowest BCUT2D eigenvalue weighted by Gasteiger charge is -2.14. The Kier molecular flexibility index (Phi) is 5.38. The number of aliphatic carboxylic acids is 1. The van der Waals surface area contributed by atoms with E-state index in [0.29, 0.717) is 0 Å². The summed E-state index contributed by atoms with van der Waals surface area (Å²) < 4.78 is 22.0. The van der Waals surface area contributed by atoms with Gasteiger partial charge < -0.3 is 15.7 Å². The third-order valence-corrected chi connectivity index (χ3v) is 3.18. The zero-order chi connectivity index (χ0) is 15.2. The van der Waals surface area contributed by atoms with E-state index < -0.39 is 27.9 Å². The first-order valence-electron chi connectivity index (χ1n) is 5.51. The van der Waals surface area contributed by atoms with Crippen LogP contribution in [-0.4, -0.2) is 53.5 Å². The number of rotatable bonds is 6. The number of carbonyl (C=O) groups is 2. The van der Waals surface area contributed by atoms with Gasteiger partial charge in [0.1, 0.15) is 22.2 Å². The van der Waals surface area contributed by atoms with E-state index in [4.69, 9.17) is 5.11 Å². The summed E-state index contributed by atoms with van der Waals surface area (Å²) in [5, 5.41) is 13.4. The van der Waals surface area contributed by atoms with Crippen LogP contribution in [0.5, 0.6) is 0 Å². The monoisotopic (exact) mass is 302 g/mol. The third-order valence-electron chi connectivity index (χ3n) is 2.20. The van der Waals surface area contributed by atoms with Gasteiger partial charge in [0.25, 0.3) is 0 Å². The van der Waals surface area contributed by atoms with Crippen molar-refractivity contribution < 1.29 is 23.1 Å².